The molecule has 0 saturated heterocycles. The second kappa shape index (κ2) is 6.90. The molecule has 0 fully saturated rings. The molecule has 116 valence electrons. The van der Waals surface area contributed by atoms with Crippen LogP contribution in [-0.2, 0) is 4.79 Å². The minimum Gasteiger partial charge on any atom is -0.479 e. The van der Waals surface area contributed by atoms with Gasteiger partial charge in [-0.3, -0.25) is 4.79 Å². The third-order valence-electron chi connectivity index (χ3n) is 3.03. The number of rotatable bonds is 4. The van der Waals surface area contributed by atoms with Crippen LogP contribution >= 0.6 is 23.2 Å². The predicted octanol–water partition coefficient (Wildman–Crippen LogP) is 4.29. The molecule has 0 spiro atoms. The summed E-state index contributed by atoms with van der Waals surface area (Å²) in [6.45, 7) is 3.56. The number of hydrogen-bond donors (Lipinski definition) is 2. The summed E-state index contributed by atoms with van der Waals surface area (Å²) in [6, 6.07) is 10.2. The third kappa shape index (κ3) is 4.06. The Morgan fingerprint density at radius 3 is 2.59 bits per heavy atom. The number of amides is 1. The van der Waals surface area contributed by atoms with Gasteiger partial charge in [-0.15, -0.1) is 0 Å². The van der Waals surface area contributed by atoms with Crippen LogP contribution < -0.4 is 15.8 Å². The van der Waals surface area contributed by atoms with Gasteiger partial charge in [-0.05, 0) is 49.7 Å². The Hall–Kier alpha value is -1.91. The normalized spacial score (nSPS) is 11.8. The molecule has 0 bridgehead atoms. The monoisotopic (exact) mass is 338 g/mol. The smallest absolute Gasteiger partial charge is 0.265 e. The third-order valence-corrected chi connectivity index (χ3v) is 3.56. The number of nitrogen functional groups attached to an aromatic ring is 1. The lowest BCUT2D eigenvalue weighted by Gasteiger charge is -2.16. The molecule has 0 aliphatic carbocycles. The van der Waals surface area contributed by atoms with Crippen LogP contribution in [0.3, 0.4) is 0 Å². The van der Waals surface area contributed by atoms with Gasteiger partial charge < -0.3 is 15.8 Å². The summed E-state index contributed by atoms with van der Waals surface area (Å²) in [6.07, 6.45) is -0.737. The Balaban J connectivity index is 2.05. The van der Waals surface area contributed by atoms with Crippen molar-refractivity contribution < 1.29 is 9.53 Å². The summed E-state index contributed by atoms with van der Waals surface area (Å²) in [5.41, 5.74) is 7.95. The van der Waals surface area contributed by atoms with Crippen molar-refractivity contribution >= 4 is 40.5 Å². The maximum absolute atomic E-state index is 12.2. The number of hydrogen-bond acceptors (Lipinski definition) is 3. The number of benzene rings is 2. The Bertz CT molecular complexity index is 705. The van der Waals surface area contributed by atoms with E-state index in [1.54, 1.807) is 37.3 Å². The minimum absolute atomic E-state index is 0.318. The molecule has 3 N–H and O–H groups in total. The standard InChI is InChI=1S/C16H16Cl2N2O2/c1-9-3-5-14(13(19)7-9)20-16(21)10(2)22-15-6-4-11(17)8-12(15)18/h3-8,10H,19H2,1-2H3,(H,20,21)/t10-/m0/s1. The van der Waals surface area contributed by atoms with Crippen LogP contribution in [0, 0.1) is 6.92 Å². The van der Waals surface area contributed by atoms with E-state index in [0.29, 0.717) is 27.2 Å². The molecule has 0 aliphatic heterocycles. The second-order valence-corrected chi connectivity index (χ2v) is 5.76. The zero-order valence-corrected chi connectivity index (χ0v) is 13.7. The Labute approximate surface area is 139 Å². The fourth-order valence-electron chi connectivity index (χ4n) is 1.85. The summed E-state index contributed by atoms with van der Waals surface area (Å²) in [5, 5.41) is 3.58. The first-order valence-electron chi connectivity index (χ1n) is 6.65. The molecule has 2 aromatic rings. The summed E-state index contributed by atoms with van der Waals surface area (Å²) in [7, 11) is 0. The highest BCUT2D eigenvalue weighted by Crippen LogP contribution is 2.28. The lowest BCUT2D eigenvalue weighted by atomic mass is 10.2. The fourth-order valence-corrected chi connectivity index (χ4v) is 2.30. The van der Waals surface area contributed by atoms with Crippen molar-refractivity contribution in [3.05, 3.63) is 52.0 Å². The molecule has 2 rings (SSSR count). The molecular weight excluding hydrogens is 323 g/mol. The number of halogens is 2. The zero-order valence-electron chi connectivity index (χ0n) is 12.2. The van der Waals surface area contributed by atoms with Gasteiger partial charge in [0.15, 0.2) is 6.10 Å². The van der Waals surface area contributed by atoms with Crippen LogP contribution in [0.4, 0.5) is 11.4 Å². The molecule has 0 unspecified atom stereocenters. The maximum atomic E-state index is 12.2. The van der Waals surface area contributed by atoms with Gasteiger partial charge in [0.25, 0.3) is 5.91 Å². The van der Waals surface area contributed by atoms with E-state index >= 15 is 0 Å². The summed E-state index contributed by atoms with van der Waals surface area (Å²) in [5.74, 6) is 0.0761. The Kier molecular flexibility index (Phi) is 5.16. The molecule has 0 radical (unpaired) electrons. The molecule has 4 nitrogen and oxygen atoms in total. The lowest BCUT2D eigenvalue weighted by molar-refractivity contribution is -0.122. The van der Waals surface area contributed by atoms with Gasteiger partial charge in [-0.1, -0.05) is 29.3 Å². The van der Waals surface area contributed by atoms with Crippen molar-refractivity contribution in [2.24, 2.45) is 0 Å². The molecule has 0 aliphatic rings. The van der Waals surface area contributed by atoms with Crippen LogP contribution in [0.25, 0.3) is 0 Å². The highest BCUT2D eigenvalue weighted by atomic mass is 35.5. The van der Waals surface area contributed by atoms with E-state index in [4.69, 9.17) is 33.7 Å². The number of ether oxygens (including phenoxy) is 1. The molecule has 2 aromatic carbocycles. The van der Waals surface area contributed by atoms with E-state index < -0.39 is 6.10 Å². The van der Waals surface area contributed by atoms with E-state index in [1.807, 2.05) is 13.0 Å². The minimum atomic E-state index is -0.737. The lowest BCUT2D eigenvalue weighted by Crippen LogP contribution is -2.30. The van der Waals surface area contributed by atoms with Crippen molar-refractivity contribution in [1.82, 2.24) is 0 Å². The van der Waals surface area contributed by atoms with Crippen molar-refractivity contribution in [1.29, 1.82) is 0 Å². The molecule has 0 saturated carbocycles. The first-order valence-corrected chi connectivity index (χ1v) is 7.41. The second-order valence-electron chi connectivity index (χ2n) is 4.91. The van der Waals surface area contributed by atoms with Gasteiger partial charge in [0, 0.05) is 5.02 Å². The first-order chi connectivity index (χ1) is 10.4. The van der Waals surface area contributed by atoms with Crippen LogP contribution in [-0.4, -0.2) is 12.0 Å². The van der Waals surface area contributed by atoms with Crippen LogP contribution in [0.2, 0.25) is 10.0 Å². The van der Waals surface area contributed by atoms with Gasteiger partial charge in [0.2, 0.25) is 0 Å². The summed E-state index contributed by atoms with van der Waals surface area (Å²) in [4.78, 5) is 12.2. The molecule has 1 amide bonds. The van der Waals surface area contributed by atoms with Gasteiger partial charge in [-0.2, -0.15) is 0 Å². The van der Waals surface area contributed by atoms with Crippen molar-refractivity contribution in [2.45, 2.75) is 20.0 Å². The zero-order chi connectivity index (χ0) is 16.3. The van der Waals surface area contributed by atoms with Crippen molar-refractivity contribution in [2.75, 3.05) is 11.1 Å². The van der Waals surface area contributed by atoms with E-state index in [9.17, 15) is 4.79 Å². The maximum Gasteiger partial charge on any atom is 0.265 e. The van der Waals surface area contributed by atoms with Gasteiger partial charge in [0.05, 0.1) is 16.4 Å². The molecular formula is C16H16Cl2N2O2. The first kappa shape index (κ1) is 16.5. The molecule has 0 heterocycles. The van der Waals surface area contributed by atoms with Crippen LogP contribution in [0.15, 0.2) is 36.4 Å². The SMILES string of the molecule is Cc1ccc(NC(=O)[C@H](C)Oc2ccc(Cl)cc2Cl)c(N)c1. The average Bonchev–Trinajstić information content (AvgIpc) is 2.44. The summed E-state index contributed by atoms with van der Waals surface area (Å²) < 4.78 is 5.55. The van der Waals surface area contributed by atoms with Crippen molar-refractivity contribution in [3.63, 3.8) is 0 Å². The number of nitrogens with one attached hydrogen (secondary N) is 1. The van der Waals surface area contributed by atoms with Crippen molar-refractivity contribution in [3.8, 4) is 5.75 Å². The number of aryl methyl sites for hydroxylation is 1. The van der Waals surface area contributed by atoms with Gasteiger partial charge in [0.1, 0.15) is 5.75 Å². The molecule has 22 heavy (non-hydrogen) atoms. The molecule has 0 aromatic heterocycles. The number of anilines is 2. The largest absolute Gasteiger partial charge is 0.479 e. The fraction of sp³-hybridized carbons (Fsp3) is 0.188. The Morgan fingerprint density at radius 2 is 1.95 bits per heavy atom. The van der Waals surface area contributed by atoms with Crippen LogP contribution in [0.5, 0.6) is 5.75 Å². The Morgan fingerprint density at radius 1 is 1.23 bits per heavy atom. The number of carbonyl (C=O) groups is 1. The quantitative estimate of drug-likeness (QED) is 0.817. The average molecular weight is 339 g/mol. The van der Waals surface area contributed by atoms with Gasteiger partial charge in [-0.25, -0.2) is 0 Å². The summed E-state index contributed by atoms with van der Waals surface area (Å²) >= 11 is 11.8. The van der Waals surface area contributed by atoms with E-state index in [-0.39, 0.29) is 5.91 Å². The highest BCUT2D eigenvalue weighted by Gasteiger charge is 2.17. The van der Waals surface area contributed by atoms with Crippen LogP contribution in [0.1, 0.15) is 12.5 Å². The predicted molar refractivity (Wildman–Crippen MR) is 90.8 cm³/mol. The van der Waals surface area contributed by atoms with E-state index in [1.165, 1.54) is 0 Å². The molecule has 1 atom stereocenters. The van der Waals surface area contributed by atoms with E-state index in [0.717, 1.165) is 5.56 Å². The number of carbonyl (C=O) groups excluding carboxylic acids is 1. The number of nitrogens with two attached hydrogens (primary N) is 1. The topological polar surface area (TPSA) is 64.3 Å². The highest BCUT2D eigenvalue weighted by molar-refractivity contribution is 6.35. The molecule has 6 heteroatoms. The van der Waals surface area contributed by atoms with E-state index in [2.05, 4.69) is 5.32 Å². The van der Waals surface area contributed by atoms with Gasteiger partial charge >= 0.3 is 0 Å².